The Balaban J connectivity index is 2.88. The monoisotopic (exact) mass is 215 g/mol. The highest BCUT2D eigenvalue weighted by atomic mass is 19.1. The molecule has 1 atom stereocenters. The van der Waals surface area contributed by atoms with Gasteiger partial charge in [0.25, 0.3) is 0 Å². The zero-order chi connectivity index (χ0) is 11.5. The Hall–Kier alpha value is -1.16. The number of halogens is 2. The molecule has 2 nitrogen and oxygen atoms in total. The minimum Gasteiger partial charge on any atom is -0.486 e. The van der Waals surface area contributed by atoms with Crippen LogP contribution >= 0.6 is 0 Å². The lowest BCUT2D eigenvalue weighted by Gasteiger charge is -2.28. The van der Waals surface area contributed by atoms with E-state index < -0.39 is 17.2 Å². The van der Waals surface area contributed by atoms with E-state index in [-0.39, 0.29) is 5.75 Å². The highest BCUT2D eigenvalue weighted by Crippen LogP contribution is 2.22. The lowest BCUT2D eigenvalue weighted by molar-refractivity contribution is 0.0927. The van der Waals surface area contributed by atoms with Gasteiger partial charge in [0, 0.05) is 24.7 Å². The maximum Gasteiger partial charge on any atom is 0.129 e. The maximum absolute atomic E-state index is 12.9. The van der Waals surface area contributed by atoms with Crippen molar-refractivity contribution < 1.29 is 13.5 Å². The van der Waals surface area contributed by atoms with E-state index in [1.165, 1.54) is 0 Å². The van der Waals surface area contributed by atoms with E-state index in [1.807, 2.05) is 6.92 Å². The van der Waals surface area contributed by atoms with Gasteiger partial charge in [0.05, 0.1) is 0 Å². The van der Waals surface area contributed by atoms with Crippen molar-refractivity contribution in [3.05, 3.63) is 29.8 Å². The first-order valence-electron chi connectivity index (χ1n) is 4.84. The van der Waals surface area contributed by atoms with Crippen LogP contribution in [0.4, 0.5) is 8.78 Å². The minimum atomic E-state index is -0.652. The van der Waals surface area contributed by atoms with Crippen LogP contribution < -0.4 is 10.5 Å². The molecule has 0 saturated heterocycles. The second kappa shape index (κ2) is 4.57. The van der Waals surface area contributed by atoms with Crippen molar-refractivity contribution in [3.63, 3.8) is 0 Å². The first-order valence-corrected chi connectivity index (χ1v) is 4.84. The van der Waals surface area contributed by atoms with Crippen molar-refractivity contribution in [2.75, 3.05) is 6.54 Å². The predicted octanol–water partition coefficient (Wildman–Crippen LogP) is 2.47. The van der Waals surface area contributed by atoms with Gasteiger partial charge < -0.3 is 10.5 Å². The smallest absolute Gasteiger partial charge is 0.129 e. The molecule has 1 rings (SSSR count). The number of rotatable bonds is 4. The second-order valence-corrected chi connectivity index (χ2v) is 3.71. The predicted molar refractivity (Wildman–Crippen MR) is 54.7 cm³/mol. The van der Waals surface area contributed by atoms with Crippen LogP contribution in [0, 0.1) is 11.6 Å². The molecule has 15 heavy (non-hydrogen) atoms. The Morgan fingerprint density at radius 2 is 1.80 bits per heavy atom. The Morgan fingerprint density at radius 3 is 2.20 bits per heavy atom. The number of ether oxygens (including phenoxy) is 1. The molecule has 0 saturated carbocycles. The molecule has 1 unspecified atom stereocenters. The fourth-order valence-electron chi connectivity index (χ4n) is 1.13. The summed E-state index contributed by atoms with van der Waals surface area (Å²) in [5, 5.41) is 0. The highest BCUT2D eigenvalue weighted by molar-refractivity contribution is 5.24. The van der Waals surface area contributed by atoms with Crippen molar-refractivity contribution in [1.29, 1.82) is 0 Å². The van der Waals surface area contributed by atoms with Crippen LogP contribution in [0.3, 0.4) is 0 Å². The van der Waals surface area contributed by atoms with Gasteiger partial charge in [-0.05, 0) is 13.3 Å². The van der Waals surface area contributed by atoms with Gasteiger partial charge >= 0.3 is 0 Å². The summed E-state index contributed by atoms with van der Waals surface area (Å²) < 4.78 is 31.2. The molecule has 0 radical (unpaired) electrons. The molecule has 0 aromatic heterocycles. The average Bonchev–Trinajstić information content (AvgIpc) is 2.16. The quantitative estimate of drug-likeness (QED) is 0.837. The lowest BCUT2D eigenvalue weighted by atomic mass is 10.0. The van der Waals surface area contributed by atoms with Gasteiger partial charge in [-0.1, -0.05) is 6.92 Å². The largest absolute Gasteiger partial charge is 0.486 e. The lowest BCUT2D eigenvalue weighted by Crippen LogP contribution is -2.39. The molecular formula is C11H15F2NO. The third kappa shape index (κ3) is 3.16. The SMILES string of the molecule is CCC(C)(CN)Oc1cc(F)cc(F)c1. The van der Waals surface area contributed by atoms with Crippen molar-refractivity contribution in [3.8, 4) is 5.75 Å². The molecular weight excluding hydrogens is 200 g/mol. The summed E-state index contributed by atoms with van der Waals surface area (Å²) >= 11 is 0. The van der Waals surface area contributed by atoms with Crippen LogP contribution in [-0.4, -0.2) is 12.1 Å². The van der Waals surface area contributed by atoms with Crippen LogP contribution in [0.5, 0.6) is 5.75 Å². The van der Waals surface area contributed by atoms with Crippen LogP contribution in [-0.2, 0) is 0 Å². The Kier molecular flexibility index (Phi) is 3.63. The van der Waals surface area contributed by atoms with Crippen molar-refractivity contribution >= 4 is 0 Å². The van der Waals surface area contributed by atoms with Crippen LogP contribution in [0.1, 0.15) is 20.3 Å². The van der Waals surface area contributed by atoms with E-state index >= 15 is 0 Å². The molecule has 1 aromatic rings. The van der Waals surface area contributed by atoms with Gasteiger partial charge in [-0.25, -0.2) is 8.78 Å². The number of nitrogens with two attached hydrogens (primary N) is 1. The van der Waals surface area contributed by atoms with Crippen LogP contribution in [0.2, 0.25) is 0 Å². The summed E-state index contributed by atoms with van der Waals surface area (Å²) in [6.07, 6.45) is 0.668. The molecule has 84 valence electrons. The summed E-state index contributed by atoms with van der Waals surface area (Å²) in [6, 6.07) is 3.10. The zero-order valence-electron chi connectivity index (χ0n) is 8.89. The van der Waals surface area contributed by atoms with Gasteiger partial charge in [0.2, 0.25) is 0 Å². The molecule has 0 aliphatic rings. The van der Waals surface area contributed by atoms with Gasteiger partial charge in [-0.3, -0.25) is 0 Å². The summed E-state index contributed by atoms with van der Waals surface area (Å²) in [5.74, 6) is -1.14. The number of benzene rings is 1. The molecule has 0 spiro atoms. The molecule has 2 N–H and O–H groups in total. The summed E-state index contributed by atoms with van der Waals surface area (Å²) in [4.78, 5) is 0. The van der Waals surface area contributed by atoms with Gasteiger partial charge in [0.15, 0.2) is 0 Å². The molecule has 4 heteroatoms. The number of hydrogen-bond acceptors (Lipinski definition) is 2. The fraction of sp³-hybridized carbons (Fsp3) is 0.455. The van der Waals surface area contributed by atoms with E-state index in [1.54, 1.807) is 6.92 Å². The highest BCUT2D eigenvalue weighted by Gasteiger charge is 2.22. The van der Waals surface area contributed by atoms with E-state index in [0.717, 1.165) is 18.2 Å². The van der Waals surface area contributed by atoms with Crippen molar-refractivity contribution in [2.45, 2.75) is 25.9 Å². The Morgan fingerprint density at radius 1 is 1.27 bits per heavy atom. The van der Waals surface area contributed by atoms with E-state index in [9.17, 15) is 8.78 Å². The fourth-order valence-corrected chi connectivity index (χ4v) is 1.13. The molecule has 0 heterocycles. The van der Waals surface area contributed by atoms with Gasteiger partial charge in [0.1, 0.15) is 23.0 Å². The zero-order valence-corrected chi connectivity index (χ0v) is 8.89. The molecule has 0 fully saturated rings. The van der Waals surface area contributed by atoms with Gasteiger partial charge in [-0.2, -0.15) is 0 Å². The van der Waals surface area contributed by atoms with E-state index in [0.29, 0.717) is 13.0 Å². The number of hydrogen-bond donors (Lipinski definition) is 1. The van der Waals surface area contributed by atoms with Gasteiger partial charge in [-0.15, -0.1) is 0 Å². The summed E-state index contributed by atoms with van der Waals surface area (Å²) in [5.41, 5.74) is 4.95. The van der Waals surface area contributed by atoms with Crippen molar-refractivity contribution in [2.24, 2.45) is 5.73 Å². The maximum atomic E-state index is 12.9. The molecule has 0 aliphatic carbocycles. The first-order chi connectivity index (χ1) is 6.99. The van der Waals surface area contributed by atoms with Crippen LogP contribution in [0.15, 0.2) is 18.2 Å². The van der Waals surface area contributed by atoms with Crippen molar-refractivity contribution in [1.82, 2.24) is 0 Å². The third-order valence-electron chi connectivity index (χ3n) is 2.38. The first kappa shape index (κ1) is 11.9. The standard InChI is InChI=1S/C11H15F2NO/c1-3-11(2,7-14)15-10-5-8(12)4-9(13)6-10/h4-6H,3,7,14H2,1-2H3. The molecule has 0 aliphatic heterocycles. The molecule has 0 amide bonds. The topological polar surface area (TPSA) is 35.2 Å². The summed E-state index contributed by atoms with van der Waals surface area (Å²) in [7, 11) is 0. The van der Waals surface area contributed by atoms with E-state index in [4.69, 9.17) is 10.5 Å². The Bertz CT molecular complexity index is 317. The normalized spacial score (nSPS) is 14.7. The molecule has 0 bridgehead atoms. The second-order valence-electron chi connectivity index (χ2n) is 3.71. The average molecular weight is 215 g/mol. The van der Waals surface area contributed by atoms with Crippen LogP contribution in [0.25, 0.3) is 0 Å². The van der Waals surface area contributed by atoms with E-state index in [2.05, 4.69) is 0 Å². The summed E-state index contributed by atoms with van der Waals surface area (Å²) in [6.45, 7) is 4.00. The minimum absolute atomic E-state index is 0.169. The Labute approximate surface area is 88.0 Å². The molecule has 1 aromatic carbocycles. The third-order valence-corrected chi connectivity index (χ3v) is 2.38.